The third kappa shape index (κ3) is 5.46. The number of carbonyl (C=O) groups is 1. The molecule has 4 nitrogen and oxygen atoms in total. The fraction of sp³-hybridized carbons (Fsp3) is 0.667. The number of nitrogens with one attached hydrogen (secondary N) is 1. The summed E-state index contributed by atoms with van der Waals surface area (Å²) >= 11 is 0.933. The van der Waals surface area contributed by atoms with E-state index in [4.69, 9.17) is 5.73 Å². The number of alkyl halides is 3. The van der Waals surface area contributed by atoms with Gasteiger partial charge in [-0.1, -0.05) is 13.8 Å². The Morgan fingerprint density at radius 1 is 1.50 bits per heavy atom. The van der Waals surface area contributed by atoms with Crippen LogP contribution in [-0.4, -0.2) is 23.5 Å². The average Bonchev–Trinajstić information content (AvgIpc) is 2.76. The van der Waals surface area contributed by atoms with Crippen molar-refractivity contribution in [1.29, 1.82) is 0 Å². The first-order valence-electron chi connectivity index (χ1n) is 6.25. The van der Waals surface area contributed by atoms with E-state index in [0.29, 0.717) is 17.3 Å². The van der Waals surface area contributed by atoms with Crippen LogP contribution in [0.4, 0.5) is 13.2 Å². The third-order valence-electron chi connectivity index (χ3n) is 2.54. The number of carbonyl (C=O) groups excluding carboxylic acids is 1. The van der Waals surface area contributed by atoms with E-state index >= 15 is 0 Å². The largest absolute Gasteiger partial charge is 0.434 e. The number of aromatic nitrogens is 1. The lowest BCUT2D eigenvalue weighted by Crippen LogP contribution is -2.42. The van der Waals surface area contributed by atoms with Gasteiger partial charge in [-0.25, -0.2) is 4.98 Å². The molecule has 3 N–H and O–H groups in total. The molecule has 1 aromatic rings. The van der Waals surface area contributed by atoms with Crippen molar-refractivity contribution in [1.82, 2.24) is 10.3 Å². The minimum Gasteiger partial charge on any atom is -0.354 e. The first-order valence-corrected chi connectivity index (χ1v) is 7.13. The summed E-state index contributed by atoms with van der Waals surface area (Å²) in [5.74, 6) is 0.0235. The quantitative estimate of drug-likeness (QED) is 0.846. The van der Waals surface area contributed by atoms with Crippen LogP contribution in [0.3, 0.4) is 0 Å². The van der Waals surface area contributed by atoms with Gasteiger partial charge >= 0.3 is 6.18 Å². The Morgan fingerprint density at radius 2 is 2.15 bits per heavy atom. The van der Waals surface area contributed by atoms with Crippen molar-refractivity contribution in [2.75, 3.05) is 6.54 Å². The Morgan fingerprint density at radius 3 is 2.65 bits per heavy atom. The van der Waals surface area contributed by atoms with Crippen LogP contribution in [0.15, 0.2) is 5.38 Å². The molecule has 0 aliphatic heterocycles. The number of nitrogens with zero attached hydrogens (tertiary/aromatic N) is 1. The van der Waals surface area contributed by atoms with Crippen molar-refractivity contribution in [3.05, 3.63) is 16.1 Å². The van der Waals surface area contributed by atoms with Crippen molar-refractivity contribution in [3.8, 4) is 0 Å². The van der Waals surface area contributed by atoms with Crippen LogP contribution in [0.1, 0.15) is 31.0 Å². The maximum atomic E-state index is 12.3. The van der Waals surface area contributed by atoms with Crippen LogP contribution in [0.25, 0.3) is 0 Å². The molecule has 0 radical (unpaired) electrons. The molecule has 0 aliphatic carbocycles. The van der Waals surface area contributed by atoms with E-state index in [9.17, 15) is 18.0 Å². The van der Waals surface area contributed by atoms with E-state index in [0.717, 1.165) is 16.7 Å². The second-order valence-corrected chi connectivity index (χ2v) is 5.84. The zero-order chi connectivity index (χ0) is 15.3. The molecule has 0 aliphatic rings. The number of rotatable bonds is 6. The highest BCUT2D eigenvalue weighted by Gasteiger charge is 2.33. The van der Waals surface area contributed by atoms with Crippen molar-refractivity contribution >= 4 is 17.2 Å². The first-order chi connectivity index (χ1) is 9.20. The van der Waals surface area contributed by atoms with Crippen LogP contribution < -0.4 is 11.1 Å². The topological polar surface area (TPSA) is 68.0 Å². The standard InChI is InChI=1S/C12H18F3N3OS/c1-7(2)5-8(16)11(19)17-4-3-10-18-9(6-20-10)12(13,14)15/h6-8H,3-5,16H2,1-2H3,(H,17,19)/t8-/m0/s1. The van der Waals surface area contributed by atoms with E-state index in [1.54, 1.807) is 0 Å². The fourth-order valence-electron chi connectivity index (χ4n) is 1.59. The molecule has 0 unspecified atom stereocenters. The predicted molar refractivity (Wildman–Crippen MR) is 71.3 cm³/mol. The number of amides is 1. The predicted octanol–water partition coefficient (Wildman–Crippen LogP) is 2.19. The van der Waals surface area contributed by atoms with E-state index < -0.39 is 17.9 Å². The molecule has 1 atom stereocenters. The number of halogens is 3. The highest BCUT2D eigenvalue weighted by molar-refractivity contribution is 7.09. The van der Waals surface area contributed by atoms with Gasteiger partial charge in [0.05, 0.1) is 11.0 Å². The Kier molecular flexibility index (Phi) is 5.94. The monoisotopic (exact) mass is 309 g/mol. The fourth-order valence-corrected chi connectivity index (χ4v) is 2.40. The minimum atomic E-state index is -4.42. The second-order valence-electron chi connectivity index (χ2n) is 4.90. The number of nitrogens with two attached hydrogens (primary N) is 1. The molecule has 1 rings (SSSR count). The minimum absolute atomic E-state index is 0.232. The molecule has 0 bridgehead atoms. The summed E-state index contributed by atoms with van der Waals surface area (Å²) in [4.78, 5) is 15.1. The van der Waals surface area contributed by atoms with E-state index in [2.05, 4.69) is 10.3 Å². The van der Waals surface area contributed by atoms with Crippen LogP contribution >= 0.6 is 11.3 Å². The van der Waals surface area contributed by atoms with Crippen molar-refractivity contribution in [2.45, 2.75) is 38.9 Å². The molecule has 1 aromatic heterocycles. The van der Waals surface area contributed by atoms with Crippen LogP contribution in [0.5, 0.6) is 0 Å². The molecule has 20 heavy (non-hydrogen) atoms. The molecule has 0 spiro atoms. The molecule has 8 heteroatoms. The summed E-state index contributed by atoms with van der Waals surface area (Å²) in [6.45, 7) is 4.15. The van der Waals surface area contributed by atoms with Gasteiger partial charge in [0.15, 0.2) is 5.69 Å². The molecule has 1 heterocycles. The normalized spacial score (nSPS) is 13.6. The van der Waals surface area contributed by atoms with E-state index in [1.165, 1.54) is 0 Å². The lowest BCUT2D eigenvalue weighted by atomic mass is 10.0. The summed E-state index contributed by atoms with van der Waals surface area (Å²) in [5, 5.41) is 3.92. The lowest BCUT2D eigenvalue weighted by molar-refractivity contribution is -0.140. The molecule has 0 fully saturated rings. The van der Waals surface area contributed by atoms with Gasteiger partial charge in [-0.15, -0.1) is 11.3 Å². The van der Waals surface area contributed by atoms with Gasteiger partial charge in [-0.05, 0) is 12.3 Å². The summed E-state index contributed by atoms with van der Waals surface area (Å²) in [5.41, 5.74) is 4.80. The average molecular weight is 309 g/mol. The highest BCUT2D eigenvalue weighted by Crippen LogP contribution is 2.29. The SMILES string of the molecule is CC(C)C[C@H](N)C(=O)NCCc1nc(C(F)(F)F)cs1. The van der Waals surface area contributed by atoms with Gasteiger partial charge in [0.2, 0.25) is 5.91 Å². The van der Waals surface area contributed by atoms with E-state index in [1.807, 2.05) is 13.8 Å². The van der Waals surface area contributed by atoms with Crippen molar-refractivity contribution in [3.63, 3.8) is 0 Å². The Balaban J connectivity index is 2.37. The Bertz CT molecular complexity index is 445. The summed E-state index contributed by atoms with van der Waals surface area (Å²) < 4.78 is 37.0. The van der Waals surface area contributed by atoms with Gasteiger partial charge in [-0.3, -0.25) is 4.79 Å². The summed E-state index contributed by atoms with van der Waals surface area (Å²) in [6.07, 6.45) is -3.58. The van der Waals surface area contributed by atoms with Gasteiger partial charge in [-0.2, -0.15) is 13.2 Å². The smallest absolute Gasteiger partial charge is 0.354 e. The molecule has 0 aromatic carbocycles. The maximum absolute atomic E-state index is 12.3. The van der Waals surface area contributed by atoms with E-state index in [-0.39, 0.29) is 18.9 Å². The first kappa shape index (κ1) is 16.9. The van der Waals surface area contributed by atoms with Gasteiger partial charge in [0.1, 0.15) is 0 Å². The zero-order valence-corrected chi connectivity index (χ0v) is 12.1. The van der Waals surface area contributed by atoms with Crippen LogP contribution in [0, 0.1) is 5.92 Å². The molecular formula is C12H18F3N3OS. The number of thiazole rings is 1. The summed E-state index contributed by atoms with van der Waals surface area (Å²) in [6, 6.07) is -0.586. The number of hydrogen-bond acceptors (Lipinski definition) is 4. The molecular weight excluding hydrogens is 291 g/mol. The Labute approximate surface area is 119 Å². The third-order valence-corrected chi connectivity index (χ3v) is 3.45. The second kappa shape index (κ2) is 7.03. The lowest BCUT2D eigenvalue weighted by Gasteiger charge is -2.13. The van der Waals surface area contributed by atoms with Crippen molar-refractivity contribution in [2.24, 2.45) is 11.7 Å². The van der Waals surface area contributed by atoms with Gasteiger partial charge < -0.3 is 11.1 Å². The zero-order valence-electron chi connectivity index (χ0n) is 11.3. The highest BCUT2D eigenvalue weighted by atomic mass is 32.1. The summed E-state index contributed by atoms with van der Waals surface area (Å²) in [7, 11) is 0. The van der Waals surface area contributed by atoms with Crippen molar-refractivity contribution < 1.29 is 18.0 Å². The van der Waals surface area contributed by atoms with Gasteiger partial charge in [0.25, 0.3) is 0 Å². The Hall–Kier alpha value is -1.15. The molecule has 0 saturated carbocycles. The van der Waals surface area contributed by atoms with Crippen LogP contribution in [-0.2, 0) is 17.4 Å². The van der Waals surface area contributed by atoms with Gasteiger partial charge in [0, 0.05) is 18.3 Å². The molecule has 0 saturated heterocycles. The van der Waals surface area contributed by atoms with Crippen LogP contribution in [0.2, 0.25) is 0 Å². The molecule has 1 amide bonds. The maximum Gasteiger partial charge on any atom is 0.434 e. The molecule has 114 valence electrons. The number of hydrogen-bond donors (Lipinski definition) is 2.